The Kier molecular flexibility index (Phi) is 9.98. The van der Waals surface area contributed by atoms with Gasteiger partial charge >= 0.3 is 0 Å². The number of nitrogens with two attached hydrogens (primary N) is 1. The number of guanidine groups is 1. The van der Waals surface area contributed by atoms with Gasteiger partial charge in [0, 0.05) is 32.6 Å². The van der Waals surface area contributed by atoms with Gasteiger partial charge in [0.2, 0.25) is 5.91 Å². The molecule has 1 aromatic rings. The third-order valence-electron chi connectivity index (χ3n) is 5.68. The molecule has 0 spiro atoms. The number of rotatable bonds is 10. The first kappa shape index (κ1) is 23.2. The minimum atomic E-state index is -0.139. The number of aryl methyl sites for hydroxylation is 1. The molecule has 0 bridgehead atoms. The van der Waals surface area contributed by atoms with E-state index in [0.717, 1.165) is 77.3 Å². The van der Waals surface area contributed by atoms with E-state index in [-0.39, 0.29) is 11.8 Å². The summed E-state index contributed by atoms with van der Waals surface area (Å²) < 4.78 is 0. The normalized spacial score (nSPS) is 16.0. The maximum Gasteiger partial charge on any atom is 0.220 e. The number of benzene rings is 1. The van der Waals surface area contributed by atoms with Crippen molar-refractivity contribution < 1.29 is 4.79 Å². The van der Waals surface area contributed by atoms with Crippen molar-refractivity contribution in [2.45, 2.75) is 52.5 Å². The van der Waals surface area contributed by atoms with Gasteiger partial charge in [0.15, 0.2) is 5.96 Å². The lowest BCUT2D eigenvalue weighted by molar-refractivity contribution is -0.123. The number of hydrogen-bond acceptors (Lipinski definition) is 3. The fourth-order valence-corrected chi connectivity index (χ4v) is 3.77. The number of hydrogen-bond donors (Lipinski definition) is 2. The summed E-state index contributed by atoms with van der Waals surface area (Å²) in [5.74, 6) is 0.905. The van der Waals surface area contributed by atoms with Crippen LogP contribution >= 0.6 is 0 Å². The average molecular weight is 402 g/mol. The first-order valence-corrected chi connectivity index (χ1v) is 11.1. The monoisotopic (exact) mass is 401 g/mol. The van der Waals surface area contributed by atoms with Gasteiger partial charge < -0.3 is 20.9 Å². The molecule has 6 heteroatoms. The van der Waals surface area contributed by atoms with Crippen LogP contribution in [0.3, 0.4) is 0 Å². The lowest BCUT2D eigenvalue weighted by Gasteiger charge is -2.30. The molecule has 162 valence electrons. The number of nitrogens with one attached hydrogen (secondary N) is 1. The number of primary amides is 1. The minimum absolute atomic E-state index is 0.0761. The first-order chi connectivity index (χ1) is 14.0. The molecule has 1 aromatic carbocycles. The molecule has 1 heterocycles. The third kappa shape index (κ3) is 8.05. The average Bonchev–Trinajstić information content (AvgIpc) is 2.73. The van der Waals surface area contributed by atoms with Gasteiger partial charge in [0.05, 0.1) is 0 Å². The van der Waals surface area contributed by atoms with E-state index in [2.05, 4.69) is 60.3 Å². The lowest BCUT2D eigenvalue weighted by Crippen LogP contribution is -2.39. The highest BCUT2D eigenvalue weighted by molar-refractivity contribution is 5.79. The molecule has 1 amide bonds. The second-order valence-corrected chi connectivity index (χ2v) is 7.99. The van der Waals surface area contributed by atoms with Gasteiger partial charge in [-0.25, -0.2) is 0 Å². The highest BCUT2D eigenvalue weighted by Gasteiger charge is 2.22. The topological polar surface area (TPSA) is 74.0 Å². The Morgan fingerprint density at radius 1 is 1.17 bits per heavy atom. The molecular formula is C23H39N5O. The predicted molar refractivity (Wildman–Crippen MR) is 121 cm³/mol. The van der Waals surface area contributed by atoms with Crippen LogP contribution in [0.5, 0.6) is 0 Å². The summed E-state index contributed by atoms with van der Waals surface area (Å²) in [4.78, 5) is 20.7. The molecular weight excluding hydrogens is 362 g/mol. The molecule has 0 aliphatic carbocycles. The zero-order valence-corrected chi connectivity index (χ0v) is 18.5. The first-order valence-electron chi connectivity index (χ1n) is 11.1. The van der Waals surface area contributed by atoms with Crippen LogP contribution in [0.1, 0.15) is 50.7 Å². The van der Waals surface area contributed by atoms with Crippen molar-refractivity contribution in [2.75, 3.05) is 39.8 Å². The number of unbranched alkanes of at least 4 members (excludes halogenated alkanes) is 1. The van der Waals surface area contributed by atoms with Crippen LogP contribution in [0.2, 0.25) is 0 Å². The maximum absolute atomic E-state index is 11.3. The van der Waals surface area contributed by atoms with Gasteiger partial charge in [-0.05, 0) is 69.8 Å². The molecule has 0 radical (unpaired) electrons. The fourth-order valence-electron chi connectivity index (χ4n) is 3.77. The molecule has 3 N–H and O–H groups in total. The van der Waals surface area contributed by atoms with E-state index < -0.39 is 0 Å². The second kappa shape index (κ2) is 12.5. The SMILES string of the molecule is CCNC(=NCCCCN1CCC(C(N)=O)CC1)N(C)Cc1ccc(CC)cc1. The Bertz CT molecular complexity index is 635. The smallest absolute Gasteiger partial charge is 0.220 e. The number of amides is 1. The summed E-state index contributed by atoms with van der Waals surface area (Å²) in [6.45, 7) is 9.89. The van der Waals surface area contributed by atoms with E-state index in [1.807, 2.05) is 0 Å². The van der Waals surface area contributed by atoms with Crippen molar-refractivity contribution in [1.29, 1.82) is 0 Å². The zero-order valence-electron chi connectivity index (χ0n) is 18.5. The Balaban J connectivity index is 1.72. The molecule has 0 atom stereocenters. The van der Waals surface area contributed by atoms with Crippen LogP contribution in [0.4, 0.5) is 0 Å². The van der Waals surface area contributed by atoms with E-state index in [1.54, 1.807) is 0 Å². The summed E-state index contributed by atoms with van der Waals surface area (Å²) in [6.07, 6.45) is 5.09. The number of carbonyl (C=O) groups is 1. The van der Waals surface area contributed by atoms with Gasteiger partial charge in [-0.2, -0.15) is 0 Å². The third-order valence-corrected chi connectivity index (χ3v) is 5.68. The largest absolute Gasteiger partial charge is 0.369 e. The molecule has 0 saturated carbocycles. The van der Waals surface area contributed by atoms with E-state index >= 15 is 0 Å². The van der Waals surface area contributed by atoms with E-state index in [9.17, 15) is 4.79 Å². The fraction of sp³-hybridized carbons (Fsp3) is 0.652. The van der Waals surface area contributed by atoms with Crippen molar-refractivity contribution in [1.82, 2.24) is 15.1 Å². The summed E-state index contributed by atoms with van der Waals surface area (Å²) in [5.41, 5.74) is 8.08. The Morgan fingerprint density at radius 3 is 2.41 bits per heavy atom. The van der Waals surface area contributed by atoms with Gasteiger partial charge in [0.25, 0.3) is 0 Å². The van der Waals surface area contributed by atoms with Crippen molar-refractivity contribution in [3.05, 3.63) is 35.4 Å². The summed E-state index contributed by atoms with van der Waals surface area (Å²) in [7, 11) is 2.10. The van der Waals surface area contributed by atoms with E-state index in [1.165, 1.54) is 11.1 Å². The number of aliphatic imine (C=N–C) groups is 1. The zero-order chi connectivity index (χ0) is 21.1. The second-order valence-electron chi connectivity index (χ2n) is 7.99. The Hall–Kier alpha value is -2.08. The van der Waals surface area contributed by atoms with Gasteiger partial charge in [-0.1, -0.05) is 31.2 Å². The number of carbonyl (C=O) groups excluding carboxylic acids is 1. The van der Waals surface area contributed by atoms with Crippen molar-refractivity contribution in [2.24, 2.45) is 16.6 Å². The van der Waals surface area contributed by atoms with E-state index in [0.29, 0.717) is 0 Å². The van der Waals surface area contributed by atoms with Crippen molar-refractivity contribution in [3.63, 3.8) is 0 Å². The highest BCUT2D eigenvalue weighted by atomic mass is 16.1. The molecule has 2 rings (SSSR count). The van der Waals surface area contributed by atoms with Gasteiger partial charge in [-0.15, -0.1) is 0 Å². The van der Waals surface area contributed by atoms with Crippen LogP contribution in [0.25, 0.3) is 0 Å². The lowest BCUT2D eigenvalue weighted by atomic mass is 9.96. The highest BCUT2D eigenvalue weighted by Crippen LogP contribution is 2.16. The summed E-state index contributed by atoms with van der Waals surface area (Å²) in [5, 5.41) is 3.40. The minimum Gasteiger partial charge on any atom is -0.369 e. The van der Waals surface area contributed by atoms with Gasteiger partial charge in [-0.3, -0.25) is 9.79 Å². The number of nitrogens with zero attached hydrogens (tertiary/aromatic N) is 3. The molecule has 6 nitrogen and oxygen atoms in total. The molecule has 0 aromatic heterocycles. The Morgan fingerprint density at radius 2 is 1.83 bits per heavy atom. The van der Waals surface area contributed by atoms with Crippen LogP contribution in [-0.2, 0) is 17.8 Å². The van der Waals surface area contributed by atoms with Crippen molar-refractivity contribution in [3.8, 4) is 0 Å². The predicted octanol–water partition coefficient (Wildman–Crippen LogP) is 2.62. The summed E-state index contributed by atoms with van der Waals surface area (Å²) >= 11 is 0. The van der Waals surface area contributed by atoms with Crippen LogP contribution in [0.15, 0.2) is 29.3 Å². The molecule has 1 aliphatic heterocycles. The summed E-state index contributed by atoms with van der Waals surface area (Å²) in [6, 6.07) is 8.83. The standard InChI is InChI=1S/C23H39N5O/c1-4-19-8-10-20(11-9-19)18-27(3)23(25-5-2)26-14-6-7-15-28-16-12-21(13-17-28)22(24)29/h8-11,21H,4-7,12-18H2,1-3H3,(H2,24,29)(H,25,26). The molecule has 1 fully saturated rings. The quantitative estimate of drug-likeness (QED) is 0.359. The van der Waals surface area contributed by atoms with Gasteiger partial charge in [0.1, 0.15) is 0 Å². The number of likely N-dealkylation sites (tertiary alicyclic amines) is 1. The molecule has 1 saturated heterocycles. The van der Waals surface area contributed by atoms with Crippen molar-refractivity contribution >= 4 is 11.9 Å². The van der Waals surface area contributed by atoms with Crippen LogP contribution in [-0.4, -0.2) is 61.4 Å². The molecule has 0 unspecified atom stereocenters. The van der Waals surface area contributed by atoms with Crippen LogP contribution < -0.4 is 11.1 Å². The molecule has 1 aliphatic rings. The van der Waals surface area contributed by atoms with E-state index in [4.69, 9.17) is 10.7 Å². The number of piperidine rings is 1. The van der Waals surface area contributed by atoms with Crippen LogP contribution in [0, 0.1) is 5.92 Å². The molecule has 29 heavy (non-hydrogen) atoms. The maximum atomic E-state index is 11.3. The Labute approximate surface area is 176 Å².